The number of halogens is 1. The van der Waals surface area contributed by atoms with E-state index in [0.29, 0.717) is 22.8 Å². The van der Waals surface area contributed by atoms with E-state index >= 15 is 0 Å². The predicted molar refractivity (Wildman–Crippen MR) is 125 cm³/mol. The lowest BCUT2D eigenvalue weighted by Gasteiger charge is -2.12. The molecule has 0 atom stereocenters. The van der Waals surface area contributed by atoms with Crippen LogP contribution < -0.4 is 5.32 Å². The maximum absolute atomic E-state index is 13.0. The molecule has 1 aromatic heterocycles. The van der Waals surface area contributed by atoms with E-state index in [1.165, 1.54) is 0 Å². The molecule has 0 saturated carbocycles. The molecular formula is C26H21ClN2O2. The van der Waals surface area contributed by atoms with Crippen molar-refractivity contribution < 1.29 is 9.59 Å². The van der Waals surface area contributed by atoms with Gasteiger partial charge in [-0.3, -0.25) is 9.59 Å². The quantitative estimate of drug-likeness (QED) is 0.303. The Kier molecular flexibility index (Phi) is 6.01. The number of benzene rings is 3. The summed E-state index contributed by atoms with van der Waals surface area (Å²) < 4.78 is 2.06. The van der Waals surface area contributed by atoms with Crippen molar-refractivity contribution in [3.8, 4) is 11.3 Å². The smallest absolute Gasteiger partial charge is 0.296 e. The minimum atomic E-state index is -0.655. The summed E-state index contributed by atoms with van der Waals surface area (Å²) in [6.45, 7) is 2.42. The minimum absolute atomic E-state index is 0.390. The Hall–Kier alpha value is -3.63. The Labute approximate surface area is 186 Å². The number of ketones is 1. The van der Waals surface area contributed by atoms with Gasteiger partial charge in [0.1, 0.15) is 0 Å². The van der Waals surface area contributed by atoms with Gasteiger partial charge in [0.05, 0.1) is 0 Å². The van der Waals surface area contributed by atoms with Gasteiger partial charge in [-0.15, -0.1) is 0 Å². The van der Waals surface area contributed by atoms with Crippen LogP contribution in [0.15, 0.2) is 91.0 Å². The van der Waals surface area contributed by atoms with E-state index in [1.54, 1.807) is 30.3 Å². The molecule has 1 N–H and O–H groups in total. The van der Waals surface area contributed by atoms with E-state index in [4.69, 9.17) is 11.6 Å². The van der Waals surface area contributed by atoms with Crippen LogP contribution in [0.5, 0.6) is 0 Å². The van der Waals surface area contributed by atoms with Gasteiger partial charge in [0.15, 0.2) is 0 Å². The molecule has 0 aliphatic heterocycles. The predicted octanol–water partition coefficient (Wildman–Crippen LogP) is 5.99. The van der Waals surface area contributed by atoms with Crippen molar-refractivity contribution in [2.24, 2.45) is 0 Å². The van der Waals surface area contributed by atoms with Gasteiger partial charge >= 0.3 is 0 Å². The highest BCUT2D eigenvalue weighted by Crippen LogP contribution is 2.28. The van der Waals surface area contributed by atoms with Gasteiger partial charge in [0.25, 0.3) is 11.7 Å². The molecule has 1 heterocycles. The van der Waals surface area contributed by atoms with Gasteiger partial charge in [-0.1, -0.05) is 72.3 Å². The van der Waals surface area contributed by atoms with Crippen LogP contribution in [-0.2, 0) is 11.3 Å². The maximum atomic E-state index is 13.0. The number of carbonyl (C=O) groups is 2. The van der Waals surface area contributed by atoms with E-state index in [0.717, 1.165) is 22.5 Å². The second-order valence-corrected chi connectivity index (χ2v) is 7.69. The zero-order chi connectivity index (χ0) is 21.8. The minimum Gasteiger partial charge on any atom is -0.340 e. The van der Waals surface area contributed by atoms with Crippen molar-refractivity contribution in [2.45, 2.75) is 13.5 Å². The van der Waals surface area contributed by atoms with Gasteiger partial charge in [-0.2, -0.15) is 0 Å². The lowest BCUT2D eigenvalue weighted by atomic mass is 10.1. The summed E-state index contributed by atoms with van der Waals surface area (Å²) in [5, 5.41) is 3.35. The molecule has 3 aromatic carbocycles. The van der Waals surface area contributed by atoms with Crippen LogP contribution >= 0.6 is 11.6 Å². The highest BCUT2D eigenvalue weighted by molar-refractivity contribution is 6.47. The Balaban J connectivity index is 1.71. The summed E-state index contributed by atoms with van der Waals surface area (Å²) in [7, 11) is 0. The molecule has 0 fully saturated rings. The maximum Gasteiger partial charge on any atom is 0.296 e. The molecule has 0 bridgehead atoms. The van der Waals surface area contributed by atoms with Crippen molar-refractivity contribution in [3.05, 3.63) is 113 Å². The molecule has 4 rings (SSSR count). The molecule has 154 valence electrons. The first-order valence-corrected chi connectivity index (χ1v) is 10.3. The standard InChI is InChI=1S/C26H21ClN2O2/c1-18-23(25(30)26(31)28-22-10-6-3-7-11-22)16-24(20-8-4-2-5-9-20)29(18)17-19-12-14-21(27)15-13-19/h2-16H,17H2,1H3,(H,28,31). The molecule has 0 spiro atoms. The summed E-state index contributed by atoms with van der Waals surface area (Å²) >= 11 is 6.02. The van der Waals surface area contributed by atoms with Crippen LogP contribution in [0.2, 0.25) is 5.02 Å². The van der Waals surface area contributed by atoms with Crippen LogP contribution in [0.3, 0.4) is 0 Å². The molecular weight excluding hydrogens is 408 g/mol. The molecule has 0 unspecified atom stereocenters. The first-order valence-electron chi connectivity index (χ1n) is 9.93. The second-order valence-electron chi connectivity index (χ2n) is 7.26. The first-order chi connectivity index (χ1) is 15.0. The highest BCUT2D eigenvalue weighted by Gasteiger charge is 2.24. The molecule has 4 aromatic rings. The Morgan fingerprint density at radius 1 is 0.871 bits per heavy atom. The van der Waals surface area contributed by atoms with Gasteiger partial charge in [0, 0.05) is 34.2 Å². The van der Waals surface area contributed by atoms with E-state index in [-0.39, 0.29) is 0 Å². The molecule has 5 heteroatoms. The average molecular weight is 429 g/mol. The number of nitrogens with zero attached hydrogens (tertiary/aromatic N) is 1. The van der Waals surface area contributed by atoms with Crippen LogP contribution in [0, 0.1) is 6.92 Å². The van der Waals surface area contributed by atoms with Crippen LogP contribution in [0.1, 0.15) is 21.6 Å². The number of nitrogens with one attached hydrogen (secondary N) is 1. The lowest BCUT2D eigenvalue weighted by molar-refractivity contribution is -0.112. The third kappa shape index (κ3) is 4.60. The van der Waals surface area contributed by atoms with Crippen molar-refractivity contribution >= 4 is 29.0 Å². The molecule has 31 heavy (non-hydrogen) atoms. The van der Waals surface area contributed by atoms with Crippen LogP contribution in [0.4, 0.5) is 5.69 Å². The average Bonchev–Trinajstić information content (AvgIpc) is 3.12. The second kappa shape index (κ2) is 9.02. The van der Waals surface area contributed by atoms with Crippen molar-refractivity contribution in [3.63, 3.8) is 0 Å². The van der Waals surface area contributed by atoms with E-state index in [2.05, 4.69) is 9.88 Å². The molecule has 0 radical (unpaired) electrons. The zero-order valence-electron chi connectivity index (χ0n) is 17.0. The number of hydrogen-bond acceptors (Lipinski definition) is 2. The summed E-state index contributed by atoms with van der Waals surface area (Å²) in [4.78, 5) is 25.7. The molecule has 0 saturated heterocycles. The fourth-order valence-electron chi connectivity index (χ4n) is 3.53. The Bertz CT molecular complexity index is 1210. The van der Waals surface area contributed by atoms with Gasteiger partial charge in [0.2, 0.25) is 0 Å². The van der Waals surface area contributed by atoms with Crippen molar-refractivity contribution in [2.75, 3.05) is 5.32 Å². The number of anilines is 1. The number of Topliss-reactive ketones (excluding diaryl/α,β-unsaturated/α-hetero) is 1. The Morgan fingerprint density at radius 2 is 1.48 bits per heavy atom. The third-order valence-electron chi connectivity index (χ3n) is 5.17. The summed E-state index contributed by atoms with van der Waals surface area (Å²) in [6, 6.07) is 28.2. The summed E-state index contributed by atoms with van der Waals surface area (Å²) in [6.07, 6.45) is 0. The topological polar surface area (TPSA) is 51.1 Å². The number of aromatic nitrogens is 1. The fourth-order valence-corrected chi connectivity index (χ4v) is 3.66. The first kappa shape index (κ1) is 20.6. The van der Waals surface area contributed by atoms with E-state index in [9.17, 15) is 9.59 Å². The van der Waals surface area contributed by atoms with Crippen LogP contribution in [-0.4, -0.2) is 16.3 Å². The number of amides is 1. The molecule has 4 nitrogen and oxygen atoms in total. The SMILES string of the molecule is Cc1c(C(=O)C(=O)Nc2ccccc2)cc(-c2ccccc2)n1Cc1ccc(Cl)cc1. The monoisotopic (exact) mass is 428 g/mol. The summed E-state index contributed by atoms with van der Waals surface area (Å²) in [5.41, 5.74) is 4.62. The lowest BCUT2D eigenvalue weighted by Crippen LogP contribution is -2.23. The number of carbonyl (C=O) groups excluding carboxylic acids is 2. The van der Waals surface area contributed by atoms with Gasteiger partial charge in [-0.25, -0.2) is 0 Å². The highest BCUT2D eigenvalue weighted by atomic mass is 35.5. The Morgan fingerprint density at radius 3 is 2.13 bits per heavy atom. The van der Waals surface area contributed by atoms with Gasteiger partial charge in [-0.05, 0) is 48.4 Å². The third-order valence-corrected chi connectivity index (χ3v) is 5.42. The number of hydrogen-bond donors (Lipinski definition) is 1. The van der Waals surface area contributed by atoms with Crippen molar-refractivity contribution in [1.82, 2.24) is 4.57 Å². The number of rotatable bonds is 6. The summed E-state index contributed by atoms with van der Waals surface area (Å²) in [5.74, 6) is -1.22. The van der Waals surface area contributed by atoms with Gasteiger partial charge < -0.3 is 9.88 Å². The molecule has 0 aliphatic rings. The normalized spacial score (nSPS) is 10.6. The zero-order valence-corrected chi connectivity index (χ0v) is 17.8. The molecule has 1 amide bonds. The van der Waals surface area contributed by atoms with Crippen LogP contribution in [0.25, 0.3) is 11.3 Å². The molecule has 0 aliphatic carbocycles. The van der Waals surface area contributed by atoms with E-state index in [1.807, 2.05) is 67.6 Å². The number of para-hydroxylation sites is 1. The largest absolute Gasteiger partial charge is 0.340 e. The van der Waals surface area contributed by atoms with E-state index < -0.39 is 11.7 Å². The van der Waals surface area contributed by atoms with Crippen molar-refractivity contribution in [1.29, 1.82) is 0 Å². The fraction of sp³-hybridized carbons (Fsp3) is 0.0769.